The summed E-state index contributed by atoms with van der Waals surface area (Å²) in [5.74, 6) is 0.794. The fraction of sp³-hybridized carbons (Fsp3) is 0.600. The van der Waals surface area contributed by atoms with E-state index in [0.717, 1.165) is 18.8 Å². The zero-order chi connectivity index (χ0) is 13.7. The van der Waals surface area contributed by atoms with Crippen LogP contribution in [-0.2, 0) is 4.74 Å². The van der Waals surface area contributed by atoms with E-state index in [1.807, 2.05) is 31.2 Å². The van der Waals surface area contributed by atoms with Crippen molar-refractivity contribution in [1.82, 2.24) is 5.32 Å². The first kappa shape index (κ1) is 14.3. The molecule has 1 aliphatic rings. The van der Waals surface area contributed by atoms with Crippen molar-refractivity contribution >= 4 is 0 Å². The van der Waals surface area contributed by atoms with Gasteiger partial charge in [0, 0.05) is 19.2 Å². The van der Waals surface area contributed by atoms with Crippen LogP contribution >= 0.6 is 0 Å². The maximum Gasteiger partial charge on any atom is 0.119 e. The number of hydrogen-bond donors (Lipinski definition) is 2. The van der Waals surface area contributed by atoms with Crippen LogP contribution in [0.4, 0.5) is 0 Å². The van der Waals surface area contributed by atoms with Crippen LogP contribution in [0.3, 0.4) is 0 Å². The number of nitrogens with one attached hydrogen (secondary N) is 1. The maximum atomic E-state index is 9.88. The minimum Gasteiger partial charge on any atom is -0.491 e. The van der Waals surface area contributed by atoms with Gasteiger partial charge in [-0.05, 0) is 32.4 Å². The Balaban J connectivity index is 1.66. The summed E-state index contributed by atoms with van der Waals surface area (Å²) in [7, 11) is 0. The standard InChI is InChI=1S/C15H23NO3/c1-11-3-5-14(6-4-11)19-10-13(17)9-16-15-7-8-18-12(15)2/h3-6,12-13,15-17H,7-10H2,1-2H3. The van der Waals surface area contributed by atoms with Crippen LogP contribution in [0.1, 0.15) is 18.9 Å². The van der Waals surface area contributed by atoms with Gasteiger partial charge in [0.15, 0.2) is 0 Å². The Morgan fingerprint density at radius 3 is 2.79 bits per heavy atom. The third kappa shape index (κ3) is 4.49. The van der Waals surface area contributed by atoms with Gasteiger partial charge in [-0.1, -0.05) is 17.7 Å². The van der Waals surface area contributed by atoms with E-state index in [1.165, 1.54) is 5.56 Å². The molecular weight excluding hydrogens is 242 g/mol. The lowest BCUT2D eigenvalue weighted by Crippen LogP contribution is -2.41. The second kappa shape index (κ2) is 6.89. The van der Waals surface area contributed by atoms with Gasteiger partial charge in [-0.2, -0.15) is 0 Å². The van der Waals surface area contributed by atoms with E-state index >= 15 is 0 Å². The molecule has 3 atom stereocenters. The molecule has 0 saturated carbocycles. The number of hydrogen-bond acceptors (Lipinski definition) is 4. The molecule has 1 aromatic carbocycles. The van der Waals surface area contributed by atoms with Gasteiger partial charge < -0.3 is 19.9 Å². The molecule has 1 aromatic rings. The predicted molar refractivity (Wildman–Crippen MR) is 74.5 cm³/mol. The molecule has 1 aliphatic heterocycles. The topological polar surface area (TPSA) is 50.7 Å². The summed E-state index contributed by atoms with van der Waals surface area (Å²) in [6.07, 6.45) is 0.728. The molecule has 2 rings (SSSR count). The van der Waals surface area contributed by atoms with E-state index < -0.39 is 6.10 Å². The first-order chi connectivity index (χ1) is 9.15. The first-order valence-electron chi connectivity index (χ1n) is 6.87. The van der Waals surface area contributed by atoms with Crippen molar-refractivity contribution in [3.63, 3.8) is 0 Å². The highest BCUT2D eigenvalue weighted by molar-refractivity contribution is 5.26. The number of ether oxygens (including phenoxy) is 2. The highest BCUT2D eigenvalue weighted by atomic mass is 16.5. The van der Waals surface area contributed by atoms with Crippen molar-refractivity contribution in [2.75, 3.05) is 19.8 Å². The van der Waals surface area contributed by atoms with E-state index in [0.29, 0.717) is 19.2 Å². The van der Waals surface area contributed by atoms with Gasteiger partial charge in [0.05, 0.1) is 6.10 Å². The minimum atomic E-state index is -0.505. The highest BCUT2D eigenvalue weighted by Gasteiger charge is 2.24. The SMILES string of the molecule is Cc1ccc(OCC(O)CNC2CCOC2C)cc1. The molecule has 2 N–H and O–H groups in total. The third-order valence-electron chi connectivity index (χ3n) is 3.46. The zero-order valence-corrected chi connectivity index (χ0v) is 11.6. The van der Waals surface area contributed by atoms with Gasteiger partial charge in [0.1, 0.15) is 18.5 Å². The predicted octanol–water partition coefficient (Wildman–Crippen LogP) is 1.50. The van der Waals surface area contributed by atoms with Crippen LogP contribution in [0.15, 0.2) is 24.3 Å². The molecule has 1 saturated heterocycles. The van der Waals surface area contributed by atoms with Gasteiger partial charge in [-0.15, -0.1) is 0 Å². The Kier molecular flexibility index (Phi) is 5.19. The second-order valence-electron chi connectivity index (χ2n) is 5.16. The lowest BCUT2D eigenvalue weighted by Gasteiger charge is -2.19. The van der Waals surface area contributed by atoms with Crippen LogP contribution in [0.2, 0.25) is 0 Å². The Morgan fingerprint density at radius 2 is 2.16 bits per heavy atom. The van der Waals surface area contributed by atoms with E-state index in [-0.39, 0.29) is 6.10 Å². The highest BCUT2D eigenvalue weighted by Crippen LogP contribution is 2.13. The fourth-order valence-corrected chi connectivity index (χ4v) is 2.17. The molecule has 0 aromatic heterocycles. The van der Waals surface area contributed by atoms with Gasteiger partial charge >= 0.3 is 0 Å². The molecule has 0 amide bonds. The van der Waals surface area contributed by atoms with Gasteiger partial charge in [-0.3, -0.25) is 0 Å². The molecule has 4 nitrogen and oxygen atoms in total. The van der Waals surface area contributed by atoms with Crippen molar-refractivity contribution in [2.45, 2.75) is 38.5 Å². The van der Waals surface area contributed by atoms with Crippen LogP contribution in [0, 0.1) is 6.92 Å². The minimum absolute atomic E-state index is 0.227. The molecule has 3 unspecified atom stereocenters. The van der Waals surface area contributed by atoms with Gasteiger partial charge in [0.25, 0.3) is 0 Å². The van der Waals surface area contributed by atoms with Crippen molar-refractivity contribution in [3.8, 4) is 5.75 Å². The Bertz CT molecular complexity index is 379. The summed E-state index contributed by atoms with van der Waals surface area (Å²) < 4.78 is 11.0. The van der Waals surface area contributed by atoms with Gasteiger partial charge in [-0.25, -0.2) is 0 Å². The fourth-order valence-electron chi connectivity index (χ4n) is 2.17. The molecule has 19 heavy (non-hydrogen) atoms. The van der Waals surface area contributed by atoms with Crippen molar-refractivity contribution in [1.29, 1.82) is 0 Å². The Hall–Kier alpha value is -1.10. The molecule has 0 spiro atoms. The normalized spacial score (nSPS) is 24.4. The van der Waals surface area contributed by atoms with Crippen LogP contribution in [-0.4, -0.2) is 43.1 Å². The number of aliphatic hydroxyl groups is 1. The molecule has 1 heterocycles. The number of rotatable bonds is 6. The largest absolute Gasteiger partial charge is 0.491 e. The van der Waals surface area contributed by atoms with E-state index in [4.69, 9.17) is 9.47 Å². The number of aliphatic hydroxyl groups excluding tert-OH is 1. The summed E-state index contributed by atoms with van der Waals surface area (Å²) in [5, 5.41) is 13.2. The molecule has 0 radical (unpaired) electrons. The Labute approximate surface area is 114 Å². The average Bonchev–Trinajstić information content (AvgIpc) is 2.81. The Morgan fingerprint density at radius 1 is 1.42 bits per heavy atom. The summed E-state index contributed by atoms with van der Waals surface area (Å²) in [4.78, 5) is 0. The van der Waals surface area contributed by atoms with E-state index in [9.17, 15) is 5.11 Å². The molecule has 4 heteroatoms. The van der Waals surface area contributed by atoms with Crippen LogP contribution in [0.25, 0.3) is 0 Å². The zero-order valence-electron chi connectivity index (χ0n) is 11.6. The van der Waals surface area contributed by atoms with Crippen LogP contribution in [0.5, 0.6) is 5.75 Å². The molecule has 106 valence electrons. The third-order valence-corrected chi connectivity index (χ3v) is 3.46. The average molecular weight is 265 g/mol. The first-order valence-corrected chi connectivity index (χ1v) is 6.87. The summed E-state index contributed by atoms with van der Waals surface area (Å²) >= 11 is 0. The lowest BCUT2D eigenvalue weighted by atomic mass is 10.1. The maximum absolute atomic E-state index is 9.88. The summed E-state index contributed by atoms with van der Waals surface area (Å²) in [5.41, 5.74) is 1.20. The van der Waals surface area contributed by atoms with E-state index in [2.05, 4.69) is 12.2 Å². The molecule has 0 aliphatic carbocycles. The number of benzene rings is 1. The lowest BCUT2D eigenvalue weighted by molar-refractivity contribution is 0.0897. The van der Waals surface area contributed by atoms with Gasteiger partial charge in [0.2, 0.25) is 0 Å². The monoisotopic (exact) mass is 265 g/mol. The molecular formula is C15H23NO3. The number of aryl methyl sites for hydroxylation is 1. The van der Waals surface area contributed by atoms with Crippen molar-refractivity contribution < 1.29 is 14.6 Å². The smallest absolute Gasteiger partial charge is 0.119 e. The summed E-state index contributed by atoms with van der Waals surface area (Å²) in [6.45, 7) is 5.73. The second-order valence-corrected chi connectivity index (χ2v) is 5.16. The van der Waals surface area contributed by atoms with Crippen molar-refractivity contribution in [3.05, 3.63) is 29.8 Å². The van der Waals surface area contributed by atoms with Crippen LogP contribution < -0.4 is 10.1 Å². The quantitative estimate of drug-likeness (QED) is 0.818. The van der Waals surface area contributed by atoms with E-state index in [1.54, 1.807) is 0 Å². The molecule has 1 fully saturated rings. The molecule has 0 bridgehead atoms. The summed E-state index contributed by atoms with van der Waals surface area (Å²) in [6, 6.07) is 8.17. The van der Waals surface area contributed by atoms with Crippen molar-refractivity contribution in [2.24, 2.45) is 0 Å².